The van der Waals surface area contributed by atoms with Crippen LogP contribution in [0.2, 0.25) is 0 Å². The van der Waals surface area contributed by atoms with E-state index < -0.39 is 24.4 Å². The van der Waals surface area contributed by atoms with Crippen LogP contribution >= 0.6 is 0 Å². The molecule has 2 rings (SSSR count). The minimum atomic E-state index is -1.20. The fraction of sp³-hybridized carbons (Fsp3) is 0.167. The number of aliphatic hydroxyl groups excluding tert-OH is 1. The van der Waals surface area contributed by atoms with Gasteiger partial charge in [0.05, 0.1) is 6.61 Å². The van der Waals surface area contributed by atoms with Gasteiger partial charge in [-0.3, -0.25) is 0 Å². The molecule has 0 radical (unpaired) electrons. The summed E-state index contributed by atoms with van der Waals surface area (Å²) in [7, 11) is 0. The summed E-state index contributed by atoms with van der Waals surface area (Å²) >= 11 is 0. The molecule has 1 unspecified atom stereocenters. The standard InChI is InChI=1S/C12H11FN2O3/c13-8-2-1-7-3-4-14-11(9(7)5-8)15-10(6-16)12(17)18/h1-5,10,16H,6H2,(H,14,15)(H,17,18). The molecule has 5 nitrogen and oxygen atoms in total. The van der Waals surface area contributed by atoms with Crippen LogP contribution in [0, 0.1) is 5.82 Å². The highest BCUT2D eigenvalue weighted by atomic mass is 19.1. The molecular formula is C12H11FN2O3. The van der Waals surface area contributed by atoms with Crippen molar-refractivity contribution in [1.29, 1.82) is 0 Å². The number of nitrogens with zero attached hydrogens (tertiary/aromatic N) is 1. The van der Waals surface area contributed by atoms with Crippen molar-refractivity contribution in [3.8, 4) is 0 Å². The van der Waals surface area contributed by atoms with E-state index in [-0.39, 0.29) is 5.82 Å². The summed E-state index contributed by atoms with van der Waals surface area (Å²) in [5.41, 5.74) is 0. The van der Waals surface area contributed by atoms with E-state index in [0.29, 0.717) is 5.39 Å². The largest absolute Gasteiger partial charge is 0.480 e. The van der Waals surface area contributed by atoms with Crippen LogP contribution in [0.15, 0.2) is 30.5 Å². The normalized spacial score (nSPS) is 12.3. The molecule has 0 aliphatic carbocycles. The third kappa shape index (κ3) is 2.38. The molecule has 1 aromatic carbocycles. The molecule has 1 aromatic heterocycles. The molecule has 6 heteroatoms. The van der Waals surface area contributed by atoms with Crippen LogP contribution < -0.4 is 5.32 Å². The molecule has 18 heavy (non-hydrogen) atoms. The van der Waals surface area contributed by atoms with Gasteiger partial charge in [-0.2, -0.15) is 0 Å². The van der Waals surface area contributed by atoms with E-state index >= 15 is 0 Å². The highest BCUT2D eigenvalue weighted by molar-refractivity contribution is 5.93. The average Bonchev–Trinajstić information content (AvgIpc) is 2.35. The van der Waals surface area contributed by atoms with Gasteiger partial charge in [0, 0.05) is 11.6 Å². The fourth-order valence-electron chi connectivity index (χ4n) is 1.61. The van der Waals surface area contributed by atoms with Crippen molar-refractivity contribution in [3.63, 3.8) is 0 Å². The van der Waals surface area contributed by atoms with Crippen molar-refractivity contribution in [1.82, 2.24) is 4.98 Å². The smallest absolute Gasteiger partial charge is 0.328 e. The van der Waals surface area contributed by atoms with Crippen molar-refractivity contribution in [3.05, 3.63) is 36.3 Å². The second kappa shape index (κ2) is 4.97. The summed E-state index contributed by atoms with van der Waals surface area (Å²) < 4.78 is 13.2. The SMILES string of the molecule is O=C(O)C(CO)Nc1nccc2ccc(F)cc12. The number of aliphatic carboxylic acids is 1. The number of carboxylic acid groups (broad SMARTS) is 1. The van der Waals surface area contributed by atoms with Crippen LogP contribution in [0.25, 0.3) is 10.8 Å². The number of fused-ring (bicyclic) bond motifs is 1. The Morgan fingerprint density at radius 3 is 2.89 bits per heavy atom. The lowest BCUT2D eigenvalue weighted by atomic mass is 10.1. The van der Waals surface area contributed by atoms with E-state index in [4.69, 9.17) is 10.2 Å². The number of rotatable bonds is 4. The number of halogens is 1. The number of hydrogen-bond donors (Lipinski definition) is 3. The van der Waals surface area contributed by atoms with Gasteiger partial charge < -0.3 is 15.5 Å². The Morgan fingerprint density at radius 2 is 2.22 bits per heavy atom. The lowest BCUT2D eigenvalue weighted by Gasteiger charge is -2.13. The number of aliphatic hydroxyl groups is 1. The Morgan fingerprint density at radius 1 is 1.44 bits per heavy atom. The summed E-state index contributed by atoms with van der Waals surface area (Å²) in [6, 6.07) is 4.67. The molecule has 1 heterocycles. The van der Waals surface area contributed by atoms with Crippen LogP contribution in [0.1, 0.15) is 0 Å². The third-order valence-electron chi connectivity index (χ3n) is 2.52. The fourth-order valence-corrected chi connectivity index (χ4v) is 1.61. The highest BCUT2D eigenvalue weighted by Gasteiger charge is 2.17. The average molecular weight is 250 g/mol. The van der Waals surface area contributed by atoms with Crippen LogP contribution in [0.3, 0.4) is 0 Å². The second-order valence-corrected chi connectivity index (χ2v) is 3.74. The highest BCUT2D eigenvalue weighted by Crippen LogP contribution is 2.22. The minimum Gasteiger partial charge on any atom is -0.480 e. The van der Waals surface area contributed by atoms with E-state index in [9.17, 15) is 9.18 Å². The number of benzene rings is 1. The molecule has 0 bridgehead atoms. The van der Waals surface area contributed by atoms with E-state index in [1.165, 1.54) is 18.3 Å². The summed E-state index contributed by atoms with van der Waals surface area (Å²) in [5, 5.41) is 21.5. The zero-order chi connectivity index (χ0) is 13.1. The lowest BCUT2D eigenvalue weighted by molar-refractivity contribution is -0.138. The maximum atomic E-state index is 13.2. The molecule has 1 atom stereocenters. The first-order valence-electron chi connectivity index (χ1n) is 5.26. The quantitative estimate of drug-likeness (QED) is 0.760. The maximum Gasteiger partial charge on any atom is 0.328 e. The Balaban J connectivity index is 2.44. The molecule has 0 aliphatic heterocycles. The Hall–Kier alpha value is -2.21. The molecule has 94 valence electrons. The predicted octanol–water partition coefficient (Wildman–Crippen LogP) is 1.23. The summed E-state index contributed by atoms with van der Waals surface area (Å²) in [5.74, 6) is -1.41. The summed E-state index contributed by atoms with van der Waals surface area (Å²) in [6.07, 6.45) is 1.48. The summed E-state index contributed by atoms with van der Waals surface area (Å²) in [4.78, 5) is 14.8. The second-order valence-electron chi connectivity index (χ2n) is 3.74. The van der Waals surface area contributed by atoms with Gasteiger partial charge in [-0.05, 0) is 23.6 Å². The van der Waals surface area contributed by atoms with Crippen LogP contribution in [0.5, 0.6) is 0 Å². The molecule has 0 aliphatic rings. The molecule has 0 amide bonds. The lowest BCUT2D eigenvalue weighted by Crippen LogP contribution is -2.33. The van der Waals surface area contributed by atoms with Crippen molar-refractivity contribution >= 4 is 22.6 Å². The van der Waals surface area contributed by atoms with Gasteiger partial charge in [0.15, 0.2) is 0 Å². The zero-order valence-corrected chi connectivity index (χ0v) is 9.30. The number of hydrogen-bond acceptors (Lipinski definition) is 4. The first-order chi connectivity index (χ1) is 8.61. The molecule has 2 aromatic rings. The number of carboxylic acids is 1. The zero-order valence-electron chi connectivity index (χ0n) is 9.30. The Kier molecular flexibility index (Phi) is 3.38. The van der Waals surface area contributed by atoms with Gasteiger partial charge in [-0.1, -0.05) is 6.07 Å². The first kappa shape index (κ1) is 12.3. The summed E-state index contributed by atoms with van der Waals surface area (Å²) in [6.45, 7) is -0.581. The number of aromatic nitrogens is 1. The third-order valence-corrected chi connectivity index (χ3v) is 2.52. The number of nitrogens with one attached hydrogen (secondary N) is 1. The maximum absolute atomic E-state index is 13.2. The molecule has 3 N–H and O–H groups in total. The van der Waals surface area contributed by atoms with Crippen LogP contribution in [0.4, 0.5) is 10.2 Å². The van der Waals surface area contributed by atoms with Gasteiger partial charge in [0.1, 0.15) is 17.7 Å². The predicted molar refractivity (Wildman–Crippen MR) is 63.8 cm³/mol. The number of pyridine rings is 1. The van der Waals surface area contributed by atoms with Crippen molar-refractivity contribution in [2.75, 3.05) is 11.9 Å². The van der Waals surface area contributed by atoms with Crippen molar-refractivity contribution < 1.29 is 19.4 Å². The molecule has 0 saturated carbocycles. The Labute approximate surface area is 102 Å². The molecule has 0 saturated heterocycles. The topological polar surface area (TPSA) is 82.5 Å². The van der Waals surface area contributed by atoms with Crippen molar-refractivity contribution in [2.24, 2.45) is 0 Å². The molecule has 0 fully saturated rings. The van der Waals surface area contributed by atoms with Gasteiger partial charge in [0.2, 0.25) is 0 Å². The first-order valence-corrected chi connectivity index (χ1v) is 5.26. The molecule has 0 spiro atoms. The number of carbonyl (C=O) groups is 1. The van der Waals surface area contributed by atoms with Crippen molar-refractivity contribution in [2.45, 2.75) is 6.04 Å². The minimum absolute atomic E-state index is 0.230. The number of anilines is 1. The van der Waals surface area contributed by atoms with Gasteiger partial charge >= 0.3 is 5.97 Å². The van der Waals surface area contributed by atoms with Gasteiger partial charge in [0.25, 0.3) is 0 Å². The van der Waals surface area contributed by atoms with E-state index in [1.54, 1.807) is 12.1 Å². The monoisotopic (exact) mass is 250 g/mol. The van der Waals surface area contributed by atoms with Crippen LogP contribution in [-0.2, 0) is 4.79 Å². The van der Waals surface area contributed by atoms with E-state index in [0.717, 1.165) is 5.39 Å². The van der Waals surface area contributed by atoms with Crippen LogP contribution in [-0.4, -0.2) is 33.8 Å². The van der Waals surface area contributed by atoms with Gasteiger partial charge in [-0.25, -0.2) is 14.2 Å². The van der Waals surface area contributed by atoms with E-state index in [1.807, 2.05) is 0 Å². The Bertz CT molecular complexity index is 589. The van der Waals surface area contributed by atoms with Gasteiger partial charge in [-0.15, -0.1) is 0 Å². The van der Waals surface area contributed by atoms with E-state index in [2.05, 4.69) is 10.3 Å². The molecular weight excluding hydrogens is 239 g/mol.